The molecule has 0 spiro atoms. The van der Waals surface area contributed by atoms with Crippen LogP contribution in [0.5, 0.6) is 0 Å². The molecule has 0 amide bonds. The third-order valence-corrected chi connectivity index (χ3v) is 3.39. The first kappa shape index (κ1) is 10.5. The SMILES string of the molecule is CC(C)(CO)C1(C(N)C(=O)O)CC1. The zero-order valence-corrected chi connectivity index (χ0v) is 8.08. The van der Waals surface area contributed by atoms with Crippen LogP contribution in [-0.4, -0.2) is 28.8 Å². The van der Waals surface area contributed by atoms with Gasteiger partial charge in [0.25, 0.3) is 0 Å². The minimum absolute atomic E-state index is 0.0199. The van der Waals surface area contributed by atoms with Crippen molar-refractivity contribution in [1.82, 2.24) is 0 Å². The zero-order valence-electron chi connectivity index (χ0n) is 8.08. The van der Waals surface area contributed by atoms with Gasteiger partial charge in [0.2, 0.25) is 0 Å². The summed E-state index contributed by atoms with van der Waals surface area (Å²) in [6.07, 6.45) is 1.60. The average Bonchev–Trinajstić information content (AvgIpc) is 2.83. The predicted molar refractivity (Wildman–Crippen MR) is 48.1 cm³/mol. The number of carboxylic acid groups (broad SMARTS) is 1. The molecule has 4 N–H and O–H groups in total. The lowest BCUT2D eigenvalue weighted by molar-refractivity contribution is -0.142. The molecule has 1 atom stereocenters. The number of hydrogen-bond donors (Lipinski definition) is 3. The topological polar surface area (TPSA) is 83.5 Å². The Morgan fingerprint density at radius 2 is 2.08 bits per heavy atom. The number of rotatable bonds is 4. The van der Waals surface area contributed by atoms with Crippen molar-refractivity contribution in [3.63, 3.8) is 0 Å². The van der Waals surface area contributed by atoms with Crippen LogP contribution in [0.25, 0.3) is 0 Å². The Morgan fingerprint density at radius 3 is 2.31 bits per heavy atom. The van der Waals surface area contributed by atoms with E-state index in [2.05, 4.69) is 0 Å². The Labute approximate surface area is 77.7 Å². The lowest BCUT2D eigenvalue weighted by atomic mass is 9.72. The van der Waals surface area contributed by atoms with E-state index >= 15 is 0 Å². The summed E-state index contributed by atoms with van der Waals surface area (Å²) in [7, 11) is 0. The molecule has 0 aliphatic heterocycles. The smallest absolute Gasteiger partial charge is 0.321 e. The highest BCUT2D eigenvalue weighted by molar-refractivity contribution is 5.75. The van der Waals surface area contributed by atoms with Crippen molar-refractivity contribution < 1.29 is 15.0 Å². The molecule has 1 unspecified atom stereocenters. The van der Waals surface area contributed by atoms with Gasteiger partial charge in [-0.2, -0.15) is 0 Å². The van der Waals surface area contributed by atoms with Crippen molar-refractivity contribution >= 4 is 5.97 Å². The molecular formula is C9H17NO3. The van der Waals surface area contributed by atoms with Crippen LogP contribution in [0.15, 0.2) is 0 Å². The van der Waals surface area contributed by atoms with Crippen molar-refractivity contribution in [2.24, 2.45) is 16.6 Å². The Balaban J connectivity index is 2.83. The molecule has 0 heterocycles. The van der Waals surface area contributed by atoms with Gasteiger partial charge in [0.1, 0.15) is 6.04 Å². The first-order valence-electron chi connectivity index (χ1n) is 4.47. The Kier molecular flexibility index (Phi) is 2.38. The molecule has 0 saturated heterocycles. The molecule has 1 aliphatic rings. The fraction of sp³-hybridized carbons (Fsp3) is 0.889. The van der Waals surface area contributed by atoms with E-state index in [9.17, 15) is 4.79 Å². The summed E-state index contributed by atoms with van der Waals surface area (Å²) in [6.45, 7) is 3.71. The molecule has 76 valence electrons. The minimum Gasteiger partial charge on any atom is -0.480 e. The van der Waals surface area contributed by atoms with Crippen molar-refractivity contribution in [3.8, 4) is 0 Å². The van der Waals surface area contributed by atoms with Gasteiger partial charge in [0.05, 0.1) is 0 Å². The lowest BCUT2D eigenvalue weighted by Gasteiger charge is -2.35. The van der Waals surface area contributed by atoms with Crippen LogP contribution in [0.3, 0.4) is 0 Å². The van der Waals surface area contributed by atoms with Crippen molar-refractivity contribution in [2.75, 3.05) is 6.61 Å². The molecule has 0 radical (unpaired) electrons. The molecule has 0 aromatic carbocycles. The van der Waals surface area contributed by atoms with Gasteiger partial charge in [0, 0.05) is 12.0 Å². The molecule has 1 fully saturated rings. The van der Waals surface area contributed by atoms with Crippen LogP contribution in [-0.2, 0) is 4.79 Å². The number of aliphatic hydroxyl groups excluding tert-OH is 1. The van der Waals surface area contributed by atoms with Crippen LogP contribution >= 0.6 is 0 Å². The number of carbonyl (C=O) groups is 1. The maximum absolute atomic E-state index is 10.7. The van der Waals surface area contributed by atoms with Gasteiger partial charge in [-0.3, -0.25) is 4.79 Å². The maximum atomic E-state index is 10.7. The van der Waals surface area contributed by atoms with Crippen molar-refractivity contribution in [2.45, 2.75) is 32.7 Å². The second-order valence-electron chi connectivity index (χ2n) is 4.51. The van der Waals surface area contributed by atoms with Crippen LogP contribution in [0, 0.1) is 10.8 Å². The summed E-state index contributed by atoms with van der Waals surface area (Å²) in [5.74, 6) is -0.973. The third kappa shape index (κ3) is 1.44. The molecule has 0 bridgehead atoms. The van der Waals surface area contributed by atoms with Gasteiger partial charge < -0.3 is 15.9 Å². The van der Waals surface area contributed by atoms with E-state index in [4.69, 9.17) is 15.9 Å². The lowest BCUT2D eigenvalue weighted by Crippen LogP contribution is -2.48. The van der Waals surface area contributed by atoms with Gasteiger partial charge in [-0.1, -0.05) is 13.8 Å². The van der Waals surface area contributed by atoms with Crippen molar-refractivity contribution in [1.29, 1.82) is 0 Å². The van der Waals surface area contributed by atoms with Gasteiger partial charge in [0.15, 0.2) is 0 Å². The van der Waals surface area contributed by atoms with Crippen LogP contribution in [0.2, 0.25) is 0 Å². The molecular weight excluding hydrogens is 170 g/mol. The highest BCUT2D eigenvalue weighted by Gasteiger charge is 2.59. The second-order valence-corrected chi connectivity index (χ2v) is 4.51. The minimum atomic E-state index is -0.973. The van der Waals surface area contributed by atoms with Crippen molar-refractivity contribution in [3.05, 3.63) is 0 Å². The monoisotopic (exact) mass is 187 g/mol. The maximum Gasteiger partial charge on any atom is 0.321 e. The van der Waals surface area contributed by atoms with E-state index in [1.54, 1.807) is 0 Å². The summed E-state index contributed by atoms with van der Waals surface area (Å²) in [5.41, 5.74) is 4.81. The van der Waals surface area contributed by atoms with E-state index < -0.39 is 22.8 Å². The summed E-state index contributed by atoms with van der Waals surface area (Å²) in [4.78, 5) is 10.7. The average molecular weight is 187 g/mol. The number of nitrogens with two attached hydrogens (primary N) is 1. The Hall–Kier alpha value is -0.610. The first-order chi connectivity index (χ1) is 5.87. The molecule has 0 aromatic heterocycles. The van der Waals surface area contributed by atoms with E-state index in [-0.39, 0.29) is 6.61 Å². The standard InChI is InChI=1S/C9H17NO3/c1-8(2,5-11)9(3-4-9)6(10)7(12)13/h6,11H,3-5,10H2,1-2H3,(H,12,13). The molecule has 0 aromatic rings. The first-order valence-corrected chi connectivity index (χ1v) is 4.47. The highest BCUT2D eigenvalue weighted by Crippen LogP contribution is 2.60. The van der Waals surface area contributed by atoms with E-state index in [0.717, 1.165) is 12.8 Å². The Morgan fingerprint density at radius 1 is 1.62 bits per heavy atom. The number of hydrogen-bond acceptors (Lipinski definition) is 3. The van der Waals surface area contributed by atoms with Crippen LogP contribution in [0.4, 0.5) is 0 Å². The number of carboxylic acids is 1. The third-order valence-electron chi connectivity index (χ3n) is 3.39. The normalized spacial score (nSPS) is 22.5. The molecule has 13 heavy (non-hydrogen) atoms. The van der Waals surface area contributed by atoms with Gasteiger partial charge >= 0.3 is 5.97 Å². The van der Waals surface area contributed by atoms with E-state index in [1.807, 2.05) is 13.8 Å². The fourth-order valence-corrected chi connectivity index (χ4v) is 1.94. The quantitative estimate of drug-likeness (QED) is 0.587. The summed E-state index contributed by atoms with van der Waals surface area (Å²) >= 11 is 0. The summed E-state index contributed by atoms with van der Waals surface area (Å²) in [5, 5.41) is 18.0. The van der Waals surface area contributed by atoms with Gasteiger partial charge in [-0.25, -0.2) is 0 Å². The Bertz CT molecular complexity index is 221. The molecule has 4 heteroatoms. The van der Waals surface area contributed by atoms with E-state index in [0.29, 0.717) is 0 Å². The van der Waals surface area contributed by atoms with E-state index in [1.165, 1.54) is 0 Å². The highest BCUT2D eigenvalue weighted by atomic mass is 16.4. The molecule has 1 saturated carbocycles. The summed E-state index contributed by atoms with van der Waals surface area (Å²) in [6, 6.07) is -0.852. The zero-order chi connectivity index (χ0) is 10.3. The van der Waals surface area contributed by atoms with Crippen LogP contribution < -0.4 is 5.73 Å². The summed E-state index contributed by atoms with van der Waals surface area (Å²) < 4.78 is 0. The molecule has 1 rings (SSSR count). The molecule has 4 nitrogen and oxygen atoms in total. The molecule has 1 aliphatic carbocycles. The second kappa shape index (κ2) is 2.96. The largest absolute Gasteiger partial charge is 0.480 e. The predicted octanol–water partition coefficient (Wildman–Crippen LogP) is 0.197. The number of aliphatic hydroxyl groups is 1. The van der Waals surface area contributed by atoms with Crippen LogP contribution in [0.1, 0.15) is 26.7 Å². The van der Waals surface area contributed by atoms with Gasteiger partial charge in [-0.15, -0.1) is 0 Å². The number of aliphatic carboxylic acids is 1. The fourth-order valence-electron chi connectivity index (χ4n) is 1.94. The van der Waals surface area contributed by atoms with Gasteiger partial charge in [-0.05, 0) is 18.3 Å².